The Balaban J connectivity index is 2.39. The van der Waals surface area contributed by atoms with E-state index in [1.54, 1.807) is 6.07 Å². The van der Waals surface area contributed by atoms with E-state index in [1.165, 1.54) is 6.07 Å². The molecule has 0 aliphatic carbocycles. The van der Waals surface area contributed by atoms with Gasteiger partial charge in [-0.15, -0.1) is 0 Å². The molecule has 0 saturated heterocycles. The maximum absolute atomic E-state index is 13.2. The molecule has 0 heterocycles. The maximum Gasteiger partial charge on any atom is 0.124 e. The smallest absolute Gasteiger partial charge is 0.124 e. The Hall–Kier alpha value is -0.450. The number of halogens is 2. The minimum absolute atomic E-state index is 0.221. The van der Waals surface area contributed by atoms with E-state index in [2.05, 4.69) is 28.2 Å². The molecule has 0 aliphatic heterocycles. The first-order valence-corrected chi connectivity index (χ1v) is 7.21. The second-order valence-corrected chi connectivity index (χ2v) is 5.49. The predicted molar refractivity (Wildman–Crippen MR) is 75.9 cm³/mol. The zero-order valence-corrected chi connectivity index (χ0v) is 12.3. The van der Waals surface area contributed by atoms with Crippen LogP contribution in [0, 0.1) is 11.7 Å². The van der Waals surface area contributed by atoms with Crippen molar-refractivity contribution in [1.82, 2.24) is 5.32 Å². The van der Waals surface area contributed by atoms with Gasteiger partial charge in [0.1, 0.15) is 5.82 Å². The van der Waals surface area contributed by atoms with Gasteiger partial charge in [0.2, 0.25) is 0 Å². The average molecular weight is 318 g/mol. The molecule has 0 amide bonds. The lowest BCUT2D eigenvalue weighted by Crippen LogP contribution is -2.23. The lowest BCUT2D eigenvalue weighted by Gasteiger charge is -2.15. The number of hydrogen-bond acceptors (Lipinski definition) is 2. The number of rotatable bonds is 8. The van der Waals surface area contributed by atoms with Crippen LogP contribution in [-0.4, -0.2) is 18.3 Å². The zero-order valence-electron chi connectivity index (χ0n) is 10.8. The summed E-state index contributed by atoms with van der Waals surface area (Å²) in [7, 11) is 0. The first-order chi connectivity index (χ1) is 8.65. The van der Waals surface area contributed by atoms with Gasteiger partial charge in [-0.3, -0.25) is 0 Å². The van der Waals surface area contributed by atoms with Crippen LogP contribution in [0.25, 0.3) is 0 Å². The Morgan fingerprint density at radius 3 is 2.72 bits per heavy atom. The summed E-state index contributed by atoms with van der Waals surface area (Å²) in [6.45, 7) is 3.90. The van der Waals surface area contributed by atoms with Crippen molar-refractivity contribution >= 4 is 15.9 Å². The van der Waals surface area contributed by atoms with Crippen LogP contribution in [0.2, 0.25) is 0 Å². The van der Waals surface area contributed by atoms with Gasteiger partial charge in [-0.1, -0.05) is 29.3 Å². The molecule has 2 N–H and O–H groups in total. The van der Waals surface area contributed by atoms with Gasteiger partial charge in [-0.05, 0) is 49.1 Å². The highest BCUT2D eigenvalue weighted by atomic mass is 79.9. The first-order valence-electron chi connectivity index (χ1n) is 6.42. The van der Waals surface area contributed by atoms with Gasteiger partial charge in [-0.2, -0.15) is 0 Å². The first kappa shape index (κ1) is 15.6. The Bertz CT molecular complexity index is 333. The van der Waals surface area contributed by atoms with Crippen molar-refractivity contribution in [2.75, 3.05) is 13.2 Å². The summed E-state index contributed by atoms with van der Waals surface area (Å²) in [5.74, 6) is 0.277. The van der Waals surface area contributed by atoms with Crippen molar-refractivity contribution in [3.8, 4) is 0 Å². The van der Waals surface area contributed by atoms with Gasteiger partial charge >= 0.3 is 0 Å². The maximum atomic E-state index is 13.2. The van der Waals surface area contributed by atoms with E-state index >= 15 is 0 Å². The predicted octanol–water partition coefficient (Wildman–Crippen LogP) is 3.48. The molecule has 0 aliphatic rings. The minimum Gasteiger partial charge on any atom is -0.396 e. The fraction of sp³-hybridized carbons (Fsp3) is 0.571. The van der Waals surface area contributed by atoms with Crippen LogP contribution in [0.3, 0.4) is 0 Å². The summed E-state index contributed by atoms with van der Waals surface area (Å²) in [4.78, 5) is 0. The van der Waals surface area contributed by atoms with Gasteiger partial charge in [-0.25, -0.2) is 4.39 Å². The summed E-state index contributed by atoms with van der Waals surface area (Å²) in [5.41, 5.74) is 0.932. The van der Waals surface area contributed by atoms with Gasteiger partial charge in [0.05, 0.1) is 0 Å². The Labute approximate surface area is 117 Å². The fourth-order valence-electron chi connectivity index (χ4n) is 2.07. The molecule has 1 aromatic rings. The molecule has 1 rings (SSSR count). The molecule has 4 heteroatoms. The van der Waals surface area contributed by atoms with Crippen LogP contribution in [0.4, 0.5) is 4.39 Å². The molecule has 18 heavy (non-hydrogen) atoms. The van der Waals surface area contributed by atoms with Crippen molar-refractivity contribution < 1.29 is 9.50 Å². The van der Waals surface area contributed by atoms with Crippen molar-refractivity contribution in [3.63, 3.8) is 0 Å². The molecule has 0 spiro atoms. The minimum atomic E-state index is -0.221. The fourth-order valence-corrected chi connectivity index (χ4v) is 2.59. The van der Waals surface area contributed by atoms with Crippen LogP contribution in [0.1, 0.15) is 31.7 Å². The van der Waals surface area contributed by atoms with Crippen LogP contribution in [-0.2, 0) is 6.54 Å². The number of hydrogen-bond donors (Lipinski definition) is 2. The lowest BCUT2D eigenvalue weighted by atomic mass is 10.0. The van der Waals surface area contributed by atoms with Crippen LogP contribution < -0.4 is 5.32 Å². The van der Waals surface area contributed by atoms with Gasteiger partial charge in [0.25, 0.3) is 0 Å². The highest BCUT2D eigenvalue weighted by Crippen LogP contribution is 2.15. The van der Waals surface area contributed by atoms with Gasteiger partial charge < -0.3 is 10.4 Å². The van der Waals surface area contributed by atoms with E-state index in [4.69, 9.17) is 5.11 Å². The van der Waals surface area contributed by atoms with E-state index in [0.717, 1.165) is 35.8 Å². The molecule has 0 radical (unpaired) electrons. The Morgan fingerprint density at radius 2 is 2.11 bits per heavy atom. The van der Waals surface area contributed by atoms with E-state index in [1.807, 2.05) is 6.07 Å². The molecule has 2 nitrogen and oxygen atoms in total. The molecule has 0 aromatic heterocycles. The summed E-state index contributed by atoms with van der Waals surface area (Å²) in [5, 5.41) is 12.3. The number of aliphatic hydroxyl groups is 1. The second kappa shape index (κ2) is 8.62. The Kier molecular flexibility index (Phi) is 7.47. The quantitative estimate of drug-likeness (QED) is 0.769. The third-order valence-electron chi connectivity index (χ3n) is 2.92. The van der Waals surface area contributed by atoms with E-state index in [-0.39, 0.29) is 12.4 Å². The van der Waals surface area contributed by atoms with E-state index < -0.39 is 0 Å². The monoisotopic (exact) mass is 317 g/mol. The molecular formula is C14H21BrFNO. The SMILES string of the molecule is CCCC(CCO)CNCc1cc(F)cc(Br)c1. The summed E-state index contributed by atoms with van der Waals surface area (Å²) >= 11 is 3.28. The summed E-state index contributed by atoms with van der Waals surface area (Å²) in [6, 6.07) is 4.91. The van der Waals surface area contributed by atoms with Gasteiger partial charge in [0.15, 0.2) is 0 Å². The van der Waals surface area contributed by atoms with Crippen LogP contribution >= 0.6 is 15.9 Å². The molecule has 0 fully saturated rings. The van der Waals surface area contributed by atoms with Crippen molar-refractivity contribution in [3.05, 3.63) is 34.1 Å². The van der Waals surface area contributed by atoms with Crippen LogP contribution in [0.15, 0.2) is 22.7 Å². The Morgan fingerprint density at radius 1 is 1.33 bits per heavy atom. The van der Waals surface area contributed by atoms with Crippen LogP contribution in [0.5, 0.6) is 0 Å². The van der Waals surface area contributed by atoms with Gasteiger partial charge in [0, 0.05) is 17.6 Å². The largest absolute Gasteiger partial charge is 0.396 e. The summed E-state index contributed by atoms with van der Waals surface area (Å²) in [6.07, 6.45) is 3.06. The molecule has 1 aromatic carbocycles. The molecule has 1 atom stereocenters. The standard InChI is InChI=1S/C14H21BrFNO/c1-2-3-11(4-5-18)9-17-10-12-6-13(15)8-14(16)7-12/h6-8,11,17-18H,2-5,9-10H2,1H3. The zero-order chi connectivity index (χ0) is 13.4. The number of nitrogens with one attached hydrogen (secondary N) is 1. The molecule has 1 unspecified atom stereocenters. The third-order valence-corrected chi connectivity index (χ3v) is 3.38. The lowest BCUT2D eigenvalue weighted by molar-refractivity contribution is 0.248. The molecule has 102 valence electrons. The molecule has 0 saturated carbocycles. The average Bonchev–Trinajstić information content (AvgIpc) is 2.28. The third kappa shape index (κ3) is 5.94. The highest BCUT2D eigenvalue weighted by molar-refractivity contribution is 9.10. The molecule has 0 bridgehead atoms. The van der Waals surface area contributed by atoms with E-state index in [0.29, 0.717) is 12.5 Å². The second-order valence-electron chi connectivity index (χ2n) is 4.58. The van der Waals surface area contributed by atoms with Crippen molar-refractivity contribution in [1.29, 1.82) is 0 Å². The highest BCUT2D eigenvalue weighted by Gasteiger charge is 2.07. The number of benzene rings is 1. The number of aliphatic hydroxyl groups excluding tert-OH is 1. The van der Waals surface area contributed by atoms with Crippen molar-refractivity contribution in [2.24, 2.45) is 5.92 Å². The van der Waals surface area contributed by atoms with Crippen molar-refractivity contribution in [2.45, 2.75) is 32.7 Å². The topological polar surface area (TPSA) is 32.3 Å². The summed E-state index contributed by atoms with van der Waals surface area (Å²) < 4.78 is 13.9. The molecular weight excluding hydrogens is 297 g/mol. The van der Waals surface area contributed by atoms with E-state index in [9.17, 15) is 4.39 Å². The normalized spacial score (nSPS) is 12.7.